The minimum atomic E-state index is -0.461. The number of halogens is 2. The van der Waals surface area contributed by atoms with Gasteiger partial charge in [-0.3, -0.25) is 4.98 Å². The van der Waals surface area contributed by atoms with Crippen LogP contribution in [-0.4, -0.2) is 11.1 Å². The fourth-order valence-corrected chi connectivity index (χ4v) is 2.03. The van der Waals surface area contributed by atoms with Crippen LogP contribution in [0, 0.1) is 5.82 Å². The van der Waals surface area contributed by atoms with Gasteiger partial charge in [0.1, 0.15) is 11.6 Å². The Bertz CT molecular complexity index is 604. The molecule has 3 nitrogen and oxygen atoms in total. The number of hydrogen-bond acceptors (Lipinski definition) is 3. The van der Waals surface area contributed by atoms with E-state index in [1.54, 1.807) is 18.5 Å². The van der Waals surface area contributed by atoms with Gasteiger partial charge in [-0.1, -0.05) is 17.7 Å². The molecule has 2 rings (SSSR count). The van der Waals surface area contributed by atoms with Crippen molar-refractivity contribution in [1.82, 2.24) is 4.98 Å². The number of ether oxygens (including phenoxy) is 1. The summed E-state index contributed by atoms with van der Waals surface area (Å²) in [5, 5.41) is 0.0560. The largest absolute Gasteiger partial charge is 0.489 e. The Kier molecular flexibility index (Phi) is 4.57. The van der Waals surface area contributed by atoms with Crippen LogP contribution in [0.3, 0.4) is 0 Å². The molecule has 0 aliphatic carbocycles. The van der Waals surface area contributed by atoms with Gasteiger partial charge in [0.15, 0.2) is 0 Å². The maximum atomic E-state index is 13.2. The Balaban J connectivity index is 2.28. The van der Waals surface area contributed by atoms with Crippen LogP contribution in [0.4, 0.5) is 4.39 Å². The predicted octanol–water partition coefficient (Wildman–Crippen LogP) is 3.71. The molecular formula is C15H16ClFN2O. The second kappa shape index (κ2) is 6.20. The first-order valence-electron chi connectivity index (χ1n) is 6.29. The smallest absolute Gasteiger partial charge is 0.141 e. The minimum absolute atomic E-state index is 0.0560. The SMILES string of the molecule is CC(C)Oc1cncc(C(N)c2ccc(F)c(Cl)c2)c1. The highest BCUT2D eigenvalue weighted by atomic mass is 35.5. The number of nitrogens with zero attached hydrogens (tertiary/aromatic N) is 1. The molecule has 5 heteroatoms. The summed E-state index contributed by atoms with van der Waals surface area (Å²) < 4.78 is 18.7. The summed E-state index contributed by atoms with van der Waals surface area (Å²) in [6.07, 6.45) is 3.35. The first-order valence-corrected chi connectivity index (χ1v) is 6.67. The van der Waals surface area contributed by atoms with Crippen molar-refractivity contribution in [2.45, 2.75) is 26.0 Å². The summed E-state index contributed by atoms with van der Waals surface area (Å²) in [5.41, 5.74) is 7.66. The molecular weight excluding hydrogens is 279 g/mol. The minimum Gasteiger partial charge on any atom is -0.489 e. The van der Waals surface area contributed by atoms with Crippen molar-refractivity contribution in [2.75, 3.05) is 0 Å². The van der Waals surface area contributed by atoms with Gasteiger partial charge in [-0.25, -0.2) is 4.39 Å². The Morgan fingerprint density at radius 2 is 1.95 bits per heavy atom. The van der Waals surface area contributed by atoms with E-state index in [-0.39, 0.29) is 11.1 Å². The fraction of sp³-hybridized carbons (Fsp3) is 0.267. The van der Waals surface area contributed by atoms with E-state index in [9.17, 15) is 4.39 Å². The van der Waals surface area contributed by atoms with Crippen molar-refractivity contribution in [3.05, 3.63) is 58.6 Å². The van der Waals surface area contributed by atoms with E-state index in [4.69, 9.17) is 22.1 Å². The first kappa shape index (κ1) is 14.8. The maximum absolute atomic E-state index is 13.2. The molecule has 0 radical (unpaired) electrons. The lowest BCUT2D eigenvalue weighted by Crippen LogP contribution is -2.13. The molecule has 1 atom stereocenters. The highest BCUT2D eigenvalue weighted by molar-refractivity contribution is 6.30. The van der Waals surface area contributed by atoms with Crippen molar-refractivity contribution in [3.63, 3.8) is 0 Å². The van der Waals surface area contributed by atoms with Crippen LogP contribution >= 0.6 is 11.6 Å². The third kappa shape index (κ3) is 3.46. The van der Waals surface area contributed by atoms with Gasteiger partial charge in [0.05, 0.1) is 23.4 Å². The molecule has 0 aliphatic heterocycles. The summed E-state index contributed by atoms with van der Waals surface area (Å²) in [5.74, 6) is 0.193. The Morgan fingerprint density at radius 3 is 2.60 bits per heavy atom. The van der Waals surface area contributed by atoms with Gasteiger partial charge < -0.3 is 10.5 Å². The van der Waals surface area contributed by atoms with Gasteiger partial charge in [-0.15, -0.1) is 0 Å². The summed E-state index contributed by atoms with van der Waals surface area (Å²) in [6, 6.07) is 5.84. The molecule has 2 N–H and O–H groups in total. The van der Waals surface area contributed by atoms with E-state index >= 15 is 0 Å². The quantitative estimate of drug-likeness (QED) is 0.935. The lowest BCUT2D eigenvalue weighted by molar-refractivity contribution is 0.241. The first-order chi connectivity index (χ1) is 9.47. The highest BCUT2D eigenvalue weighted by Crippen LogP contribution is 2.25. The van der Waals surface area contributed by atoms with Crippen LogP contribution < -0.4 is 10.5 Å². The monoisotopic (exact) mass is 294 g/mol. The fourth-order valence-electron chi connectivity index (χ4n) is 1.84. The van der Waals surface area contributed by atoms with E-state index in [2.05, 4.69) is 4.98 Å². The van der Waals surface area contributed by atoms with Crippen molar-refractivity contribution in [2.24, 2.45) is 5.73 Å². The number of benzene rings is 1. The standard InChI is InChI=1S/C15H16ClFN2O/c1-9(2)20-12-5-11(7-19-8-12)15(18)10-3-4-14(17)13(16)6-10/h3-9,15H,18H2,1-2H3. The summed E-state index contributed by atoms with van der Waals surface area (Å²) >= 11 is 5.77. The zero-order valence-corrected chi connectivity index (χ0v) is 12.1. The van der Waals surface area contributed by atoms with E-state index < -0.39 is 11.9 Å². The van der Waals surface area contributed by atoms with Crippen LogP contribution in [-0.2, 0) is 0 Å². The molecule has 0 saturated heterocycles. The number of pyridine rings is 1. The van der Waals surface area contributed by atoms with Crippen molar-refractivity contribution in [3.8, 4) is 5.75 Å². The van der Waals surface area contributed by atoms with Gasteiger partial charge in [-0.2, -0.15) is 0 Å². The average molecular weight is 295 g/mol. The predicted molar refractivity (Wildman–Crippen MR) is 77.4 cm³/mol. The second-order valence-electron chi connectivity index (χ2n) is 4.77. The molecule has 0 bridgehead atoms. The topological polar surface area (TPSA) is 48.1 Å². The van der Waals surface area contributed by atoms with Crippen LogP contribution in [0.2, 0.25) is 5.02 Å². The molecule has 0 amide bonds. The molecule has 1 heterocycles. The van der Waals surface area contributed by atoms with Crippen LogP contribution in [0.15, 0.2) is 36.7 Å². The molecule has 2 aromatic rings. The third-order valence-corrected chi connectivity index (χ3v) is 3.06. The van der Waals surface area contributed by atoms with Gasteiger partial charge in [0, 0.05) is 6.20 Å². The average Bonchev–Trinajstić information content (AvgIpc) is 2.40. The number of aromatic nitrogens is 1. The maximum Gasteiger partial charge on any atom is 0.141 e. The van der Waals surface area contributed by atoms with Crippen LogP contribution in [0.25, 0.3) is 0 Å². The molecule has 1 aromatic carbocycles. The molecule has 106 valence electrons. The van der Waals surface area contributed by atoms with E-state index in [0.717, 1.165) is 11.1 Å². The van der Waals surface area contributed by atoms with Crippen molar-refractivity contribution < 1.29 is 9.13 Å². The molecule has 1 unspecified atom stereocenters. The second-order valence-corrected chi connectivity index (χ2v) is 5.18. The van der Waals surface area contributed by atoms with E-state index in [0.29, 0.717) is 5.75 Å². The molecule has 0 fully saturated rings. The van der Waals surface area contributed by atoms with E-state index in [1.165, 1.54) is 12.1 Å². The van der Waals surface area contributed by atoms with Gasteiger partial charge in [0.2, 0.25) is 0 Å². The Morgan fingerprint density at radius 1 is 1.20 bits per heavy atom. The number of nitrogens with two attached hydrogens (primary N) is 1. The summed E-state index contributed by atoms with van der Waals surface area (Å²) in [4.78, 5) is 4.11. The molecule has 0 saturated carbocycles. The van der Waals surface area contributed by atoms with Crippen LogP contribution in [0.1, 0.15) is 31.0 Å². The number of hydrogen-bond donors (Lipinski definition) is 1. The van der Waals surface area contributed by atoms with Gasteiger partial charge in [0.25, 0.3) is 0 Å². The lowest BCUT2D eigenvalue weighted by atomic mass is 10.0. The lowest BCUT2D eigenvalue weighted by Gasteiger charge is -2.15. The van der Waals surface area contributed by atoms with Gasteiger partial charge >= 0.3 is 0 Å². The van der Waals surface area contributed by atoms with Crippen molar-refractivity contribution >= 4 is 11.6 Å². The highest BCUT2D eigenvalue weighted by Gasteiger charge is 2.12. The van der Waals surface area contributed by atoms with E-state index in [1.807, 2.05) is 19.9 Å². The van der Waals surface area contributed by atoms with Gasteiger partial charge in [-0.05, 0) is 43.2 Å². The summed E-state index contributed by atoms with van der Waals surface area (Å²) in [6.45, 7) is 3.87. The Hall–Kier alpha value is -1.65. The molecule has 0 spiro atoms. The molecule has 0 aliphatic rings. The Labute approximate surface area is 122 Å². The normalized spacial score (nSPS) is 12.5. The third-order valence-electron chi connectivity index (χ3n) is 2.77. The summed E-state index contributed by atoms with van der Waals surface area (Å²) in [7, 11) is 0. The number of rotatable bonds is 4. The van der Waals surface area contributed by atoms with Crippen molar-refractivity contribution in [1.29, 1.82) is 0 Å². The molecule has 1 aromatic heterocycles. The molecule has 20 heavy (non-hydrogen) atoms. The van der Waals surface area contributed by atoms with Crippen LogP contribution in [0.5, 0.6) is 5.75 Å². The zero-order valence-electron chi connectivity index (χ0n) is 11.3. The zero-order chi connectivity index (χ0) is 14.7.